The molecule has 0 aromatic carbocycles. The van der Waals surface area contributed by atoms with Crippen molar-refractivity contribution in [3.05, 3.63) is 40.8 Å². The lowest BCUT2D eigenvalue weighted by atomic mass is 10.0. The van der Waals surface area contributed by atoms with Crippen LogP contribution in [0.3, 0.4) is 0 Å². The van der Waals surface area contributed by atoms with Crippen LogP contribution >= 0.6 is 0 Å². The predicted molar refractivity (Wildman–Crippen MR) is 94.3 cm³/mol. The molecule has 1 unspecified atom stereocenters. The Morgan fingerprint density at radius 2 is 2.04 bits per heavy atom. The summed E-state index contributed by atoms with van der Waals surface area (Å²) < 4.78 is 1.95. The highest BCUT2D eigenvalue weighted by molar-refractivity contribution is 5.93. The molecule has 0 N–H and O–H groups in total. The van der Waals surface area contributed by atoms with Gasteiger partial charge in [-0.3, -0.25) is 9.48 Å². The third-order valence-corrected chi connectivity index (χ3v) is 4.85. The molecule has 1 fully saturated rings. The van der Waals surface area contributed by atoms with Crippen LogP contribution < -0.4 is 4.90 Å². The van der Waals surface area contributed by atoms with Gasteiger partial charge in [0.25, 0.3) is 5.91 Å². The fraction of sp³-hybridized carbons (Fsp3) is 0.500. The minimum Gasteiger partial charge on any atom is -0.349 e. The minimum atomic E-state index is -0.0222. The maximum Gasteiger partial charge on any atom is 0.254 e. The first-order chi connectivity index (χ1) is 11.4. The number of anilines is 1. The van der Waals surface area contributed by atoms with Gasteiger partial charge in [-0.05, 0) is 38.8 Å². The zero-order chi connectivity index (χ0) is 17.4. The predicted octanol–water partition coefficient (Wildman–Crippen LogP) is 2.48. The van der Waals surface area contributed by atoms with E-state index in [4.69, 9.17) is 0 Å². The standard InChI is InChI=1S/C18H25N5O/c1-12-17(13(2)22(5)20-12)15-7-6-10-23(15)16-9-8-14(11-19-16)18(24)21(3)4/h8-9,11,15H,6-7,10H2,1-5H3. The summed E-state index contributed by atoms with van der Waals surface area (Å²) in [4.78, 5) is 20.5. The highest BCUT2D eigenvalue weighted by Crippen LogP contribution is 2.37. The largest absolute Gasteiger partial charge is 0.349 e. The molecule has 24 heavy (non-hydrogen) atoms. The second-order valence-electron chi connectivity index (χ2n) is 6.66. The topological polar surface area (TPSA) is 54.3 Å². The van der Waals surface area contributed by atoms with E-state index in [9.17, 15) is 4.79 Å². The molecule has 3 heterocycles. The van der Waals surface area contributed by atoms with E-state index < -0.39 is 0 Å². The SMILES string of the molecule is Cc1nn(C)c(C)c1C1CCCN1c1ccc(C(=O)N(C)C)cn1. The molecule has 0 aliphatic carbocycles. The lowest BCUT2D eigenvalue weighted by Crippen LogP contribution is -2.25. The Hall–Kier alpha value is -2.37. The van der Waals surface area contributed by atoms with Crippen LogP contribution in [0.5, 0.6) is 0 Å². The number of rotatable bonds is 3. The number of carbonyl (C=O) groups excluding carboxylic acids is 1. The zero-order valence-corrected chi connectivity index (χ0v) is 15.1. The van der Waals surface area contributed by atoms with Crippen molar-refractivity contribution < 1.29 is 4.79 Å². The van der Waals surface area contributed by atoms with Crippen molar-refractivity contribution in [1.82, 2.24) is 19.7 Å². The van der Waals surface area contributed by atoms with Crippen LogP contribution in [0.15, 0.2) is 18.3 Å². The second-order valence-corrected chi connectivity index (χ2v) is 6.66. The molecule has 6 heteroatoms. The molecule has 1 atom stereocenters. The molecule has 1 aliphatic rings. The zero-order valence-electron chi connectivity index (χ0n) is 15.1. The molecule has 0 saturated carbocycles. The van der Waals surface area contributed by atoms with Crippen LogP contribution in [0.2, 0.25) is 0 Å². The molecule has 6 nitrogen and oxygen atoms in total. The van der Waals surface area contributed by atoms with Gasteiger partial charge in [-0.2, -0.15) is 5.10 Å². The van der Waals surface area contributed by atoms with Gasteiger partial charge in [0.05, 0.1) is 17.3 Å². The highest BCUT2D eigenvalue weighted by Gasteiger charge is 2.31. The minimum absolute atomic E-state index is 0.0222. The summed E-state index contributed by atoms with van der Waals surface area (Å²) in [6.07, 6.45) is 3.92. The Kier molecular flexibility index (Phi) is 4.30. The first kappa shape index (κ1) is 16.5. The molecule has 3 rings (SSSR count). The van der Waals surface area contributed by atoms with E-state index in [1.165, 1.54) is 11.3 Å². The molecule has 0 bridgehead atoms. The van der Waals surface area contributed by atoms with Crippen LogP contribution in [0.1, 0.15) is 46.2 Å². The normalized spacial score (nSPS) is 17.4. The number of aryl methyl sites for hydroxylation is 2. The van der Waals surface area contributed by atoms with Crippen LogP contribution in [0.25, 0.3) is 0 Å². The highest BCUT2D eigenvalue weighted by atomic mass is 16.2. The van der Waals surface area contributed by atoms with E-state index >= 15 is 0 Å². The van der Waals surface area contributed by atoms with Crippen LogP contribution in [-0.2, 0) is 7.05 Å². The van der Waals surface area contributed by atoms with Crippen LogP contribution in [-0.4, -0.2) is 46.2 Å². The van der Waals surface area contributed by atoms with E-state index in [1.54, 1.807) is 25.2 Å². The molecule has 1 aliphatic heterocycles. The molecule has 0 radical (unpaired) electrons. The molecule has 1 saturated heterocycles. The maximum atomic E-state index is 12.0. The van der Waals surface area contributed by atoms with Crippen molar-refractivity contribution in [2.24, 2.45) is 7.05 Å². The summed E-state index contributed by atoms with van der Waals surface area (Å²) in [5.74, 6) is 0.904. The lowest BCUT2D eigenvalue weighted by Gasteiger charge is -2.26. The Balaban J connectivity index is 1.90. The molecule has 128 valence electrons. The van der Waals surface area contributed by atoms with Gasteiger partial charge in [0, 0.05) is 45.1 Å². The summed E-state index contributed by atoms with van der Waals surface area (Å²) in [6, 6.07) is 4.13. The Bertz CT molecular complexity index is 748. The van der Waals surface area contributed by atoms with Gasteiger partial charge in [0.2, 0.25) is 0 Å². The van der Waals surface area contributed by atoms with Gasteiger partial charge in [0.15, 0.2) is 0 Å². The van der Waals surface area contributed by atoms with Gasteiger partial charge in [-0.1, -0.05) is 0 Å². The third kappa shape index (κ3) is 2.77. The second kappa shape index (κ2) is 6.26. The van der Waals surface area contributed by atoms with Gasteiger partial charge in [-0.25, -0.2) is 4.98 Å². The van der Waals surface area contributed by atoms with Crippen molar-refractivity contribution in [3.8, 4) is 0 Å². The van der Waals surface area contributed by atoms with Crippen LogP contribution in [0.4, 0.5) is 5.82 Å². The summed E-state index contributed by atoms with van der Waals surface area (Å²) in [6.45, 7) is 5.18. The molecule has 2 aromatic heterocycles. The number of hydrogen-bond acceptors (Lipinski definition) is 4. The number of amides is 1. The van der Waals surface area contributed by atoms with Gasteiger partial charge in [0.1, 0.15) is 5.82 Å². The molecule has 2 aromatic rings. The van der Waals surface area contributed by atoms with Crippen molar-refractivity contribution in [3.63, 3.8) is 0 Å². The Morgan fingerprint density at radius 1 is 1.29 bits per heavy atom. The first-order valence-electron chi connectivity index (χ1n) is 8.34. The lowest BCUT2D eigenvalue weighted by molar-refractivity contribution is 0.0827. The van der Waals surface area contributed by atoms with E-state index in [1.807, 2.05) is 23.9 Å². The van der Waals surface area contributed by atoms with E-state index in [2.05, 4.69) is 28.8 Å². The fourth-order valence-electron chi connectivity index (χ4n) is 3.55. The van der Waals surface area contributed by atoms with Crippen molar-refractivity contribution in [2.75, 3.05) is 25.5 Å². The number of pyridine rings is 1. The number of hydrogen-bond donors (Lipinski definition) is 0. The monoisotopic (exact) mass is 327 g/mol. The number of nitrogens with zero attached hydrogens (tertiary/aromatic N) is 5. The fourth-order valence-corrected chi connectivity index (χ4v) is 3.55. The Labute approximate surface area is 143 Å². The summed E-state index contributed by atoms with van der Waals surface area (Å²) in [7, 11) is 5.49. The first-order valence-corrected chi connectivity index (χ1v) is 8.34. The molecular formula is C18H25N5O. The average molecular weight is 327 g/mol. The van der Waals surface area contributed by atoms with E-state index in [0.717, 1.165) is 30.9 Å². The number of aromatic nitrogens is 3. The maximum absolute atomic E-state index is 12.0. The van der Waals surface area contributed by atoms with Crippen LogP contribution in [0, 0.1) is 13.8 Å². The third-order valence-electron chi connectivity index (χ3n) is 4.85. The van der Waals surface area contributed by atoms with Crippen molar-refractivity contribution >= 4 is 11.7 Å². The van der Waals surface area contributed by atoms with E-state index in [-0.39, 0.29) is 5.91 Å². The van der Waals surface area contributed by atoms with Crippen molar-refractivity contribution in [2.45, 2.75) is 32.7 Å². The Morgan fingerprint density at radius 3 is 2.58 bits per heavy atom. The quantitative estimate of drug-likeness (QED) is 0.869. The summed E-state index contributed by atoms with van der Waals surface area (Å²) >= 11 is 0. The van der Waals surface area contributed by atoms with Crippen molar-refractivity contribution in [1.29, 1.82) is 0 Å². The molecular weight excluding hydrogens is 302 g/mol. The van der Waals surface area contributed by atoms with Gasteiger partial charge in [-0.15, -0.1) is 0 Å². The molecule has 1 amide bonds. The smallest absolute Gasteiger partial charge is 0.254 e. The number of carbonyl (C=O) groups is 1. The van der Waals surface area contributed by atoms with E-state index in [0.29, 0.717) is 11.6 Å². The summed E-state index contributed by atoms with van der Waals surface area (Å²) in [5.41, 5.74) is 4.23. The van der Waals surface area contributed by atoms with Gasteiger partial charge < -0.3 is 9.80 Å². The average Bonchev–Trinajstić information content (AvgIpc) is 3.12. The summed E-state index contributed by atoms with van der Waals surface area (Å²) in [5, 5.41) is 4.56. The van der Waals surface area contributed by atoms with Gasteiger partial charge >= 0.3 is 0 Å². The molecule has 0 spiro atoms.